The minimum Gasteiger partial charge on any atom is -0.371 e. The maximum absolute atomic E-state index is 11.7. The van der Waals surface area contributed by atoms with E-state index in [1.54, 1.807) is 0 Å². The molecule has 0 spiro atoms. The summed E-state index contributed by atoms with van der Waals surface area (Å²) in [7, 11) is 0. The molecule has 1 unspecified atom stereocenters. The minimum atomic E-state index is 0.0851. The minimum absolute atomic E-state index is 0.0851. The molecule has 1 aromatic heterocycles. The van der Waals surface area contributed by atoms with Crippen molar-refractivity contribution in [3.8, 4) is 0 Å². The molecular weight excluding hydrogens is 238 g/mol. The average Bonchev–Trinajstić information content (AvgIpc) is 2.82. The number of carbonyl (C=O) groups is 1. The van der Waals surface area contributed by atoms with Crippen molar-refractivity contribution in [2.24, 2.45) is 5.92 Å². The summed E-state index contributed by atoms with van der Waals surface area (Å²) in [5.41, 5.74) is 0. The van der Waals surface area contributed by atoms with Gasteiger partial charge in [-0.25, -0.2) is 0 Å². The predicted octanol–water partition coefficient (Wildman–Crippen LogP) is 2.13. The molecule has 0 radical (unpaired) electrons. The van der Waals surface area contributed by atoms with Gasteiger partial charge < -0.3 is 10.1 Å². The van der Waals surface area contributed by atoms with Crippen LogP contribution in [0.1, 0.15) is 43.2 Å². The van der Waals surface area contributed by atoms with Crippen LogP contribution in [0.3, 0.4) is 0 Å². The van der Waals surface area contributed by atoms with Gasteiger partial charge in [0.15, 0.2) is 0 Å². The second kappa shape index (κ2) is 4.70. The van der Waals surface area contributed by atoms with Gasteiger partial charge in [-0.15, -0.1) is 10.2 Å². The quantitative estimate of drug-likeness (QED) is 0.896. The van der Waals surface area contributed by atoms with Crippen molar-refractivity contribution in [2.45, 2.75) is 38.2 Å². The van der Waals surface area contributed by atoms with Crippen molar-refractivity contribution in [3.05, 3.63) is 5.01 Å². The van der Waals surface area contributed by atoms with Gasteiger partial charge in [-0.05, 0) is 25.7 Å². The summed E-state index contributed by atoms with van der Waals surface area (Å²) in [6.07, 6.45) is 5.34. The lowest BCUT2D eigenvalue weighted by Crippen LogP contribution is -2.27. The second-order valence-electron chi connectivity index (χ2n) is 4.56. The summed E-state index contributed by atoms with van der Waals surface area (Å²) in [6, 6.07) is 0. The van der Waals surface area contributed by atoms with Crippen LogP contribution >= 0.6 is 11.3 Å². The van der Waals surface area contributed by atoms with E-state index in [9.17, 15) is 4.79 Å². The van der Waals surface area contributed by atoms with Crippen molar-refractivity contribution in [2.75, 3.05) is 11.9 Å². The van der Waals surface area contributed by atoms with Crippen LogP contribution < -0.4 is 5.32 Å². The van der Waals surface area contributed by atoms with Gasteiger partial charge in [-0.1, -0.05) is 17.8 Å². The van der Waals surface area contributed by atoms with Crippen LogP contribution in [0.15, 0.2) is 0 Å². The molecular formula is C11H15N3O2S. The van der Waals surface area contributed by atoms with Crippen molar-refractivity contribution in [1.29, 1.82) is 0 Å². The van der Waals surface area contributed by atoms with Crippen LogP contribution in [-0.2, 0) is 9.53 Å². The number of nitrogens with zero attached hydrogens (tertiary/aromatic N) is 2. The fourth-order valence-corrected chi connectivity index (χ4v) is 2.90. The summed E-state index contributed by atoms with van der Waals surface area (Å²) in [5.74, 6) is 0.274. The zero-order valence-corrected chi connectivity index (χ0v) is 10.3. The molecule has 6 heteroatoms. The Morgan fingerprint density at radius 1 is 1.29 bits per heavy atom. The molecule has 1 saturated carbocycles. The molecule has 1 N–H and O–H groups in total. The van der Waals surface area contributed by atoms with Crippen LogP contribution in [0, 0.1) is 5.92 Å². The third-order valence-corrected chi connectivity index (χ3v) is 4.28. The molecule has 5 nitrogen and oxygen atoms in total. The van der Waals surface area contributed by atoms with E-state index >= 15 is 0 Å². The van der Waals surface area contributed by atoms with E-state index in [2.05, 4.69) is 15.5 Å². The molecule has 0 bridgehead atoms. The van der Waals surface area contributed by atoms with Crippen molar-refractivity contribution in [3.63, 3.8) is 0 Å². The second-order valence-corrected chi connectivity index (χ2v) is 5.57. The Labute approximate surface area is 104 Å². The Morgan fingerprint density at radius 2 is 2.18 bits per heavy atom. The van der Waals surface area contributed by atoms with Crippen LogP contribution in [0.5, 0.6) is 0 Å². The molecule has 17 heavy (non-hydrogen) atoms. The Bertz CT molecular complexity index is 411. The van der Waals surface area contributed by atoms with Crippen LogP contribution in [-0.4, -0.2) is 22.7 Å². The highest BCUT2D eigenvalue weighted by Crippen LogP contribution is 2.33. The van der Waals surface area contributed by atoms with Gasteiger partial charge in [0.25, 0.3) is 0 Å². The van der Waals surface area contributed by atoms with Gasteiger partial charge in [0.05, 0.1) is 0 Å². The molecule has 0 aromatic carbocycles. The first-order valence-corrected chi connectivity index (χ1v) is 6.90. The van der Waals surface area contributed by atoms with Crippen LogP contribution in [0.4, 0.5) is 5.13 Å². The lowest BCUT2D eigenvalue weighted by molar-refractivity contribution is -0.122. The Kier molecular flexibility index (Phi) is 3.07. The first-order chi connectivity index (χ1) is 8.33. The molecule has 2 fully saturated rings. The maximum Gasteiger partial charge on any atom is 0.229 e. The van der Waals surface area contributed by atoms with Gasteiger partial charge in [-0.2, -0.15) is 0 Å². The molecule has 2 heterocycles. The summed E-state index contributed by atoms with van der Waals surface area (Å²) in [5, 5.41) is 12.4. The standard InChI is InChI=1S/C11H15N3O2S/c15-9(7-3-1-4-7)12-11-14-13-10(17-11)8-5-2-6-16-8/h7-8H,1-6H2,(H,12,14,15). The molecule has 1 aliphatic heterocycles. The van der Waals surface area contributed by atoms with E-state index in [0.717, 1.165) is 43.7 Å². The highest BCUT2D eigenvalue weighted by atomic mass is 32.1. The molecule has 1 atom stereocenters. The Balaban J connectivity index is 1.61. The van der Waals surface area contributed by atoms with E-state index in [-0.39, 0.29) is 17.9 Å². The fourth-order valence-electron chi connectivity index (χ4n) is 2.07. The van der Waals surface area contributed by atoms with Crippen LogP contribution in [0.2, 0.25) is 0 Å². The molecule has 3 rings (SSSR count). The third kappa shape index (κ3) is 2.32. The number of anilines is 1. The number of hydrogen-bond acceptors (Lipinski definition) is 5. The van der Waals surface area contributed by atoms with Gasteiger partial charge in [0.1, 0.15) is 11.1 Å². The largest absolute Gasteiger partial charge is 0.371 e. The van der Waals surface area contributed by atoms with Gasteiger partial charge in [0, 0.05) is 12.5 Å². The molecule has 1 saturated heterocycles. The Morgan fingerprint density at radius 3 is 2.82 bits per heavy atom. The smallest absolute Gasteiger partial charge is 0.229 e. The van der Waals surface area contributed by atoms with E-state index in [4.69, 9.17) is 4.74 Å². The first-order valence-electron chi connectivity index (χ1n) is 6.09. The normalized spacial score (nSPS) is 24.6. The fraction of sp³-hybridized carbons (Fsp3) is 0.727. The number of aromatic nitrogens is 2. The van der Waals surface area contributed by atoms with Crippen molar-refractivity contribution >= 4 is 22.4 Å². The zero-order chi connectivity index (χ0) is 11.7. The van der Waals surface area contributed by atoms with Gasteiger partial charge in [0.2, 0.25) is 11.0 Å². The van der Waals surface area contributed by atoms with Crippen molar-refractivity contribution in [1.82, 2.24) is 10.2 Å². The SMILES string of the molecule is O=C(Nc1nnc(C2CCCO2)s1)C1CCC1. The topological polar surface area (TPSA) is 64.1 Å². The van der Waals surface area contributed by atoms with Gasteiger partial charge in [-0.3, -0.25) is 4.79 Å². The lowest BCUT2D eigenvalue weighted by Gasteiger charge is -2.23. The van der Waals surface area contributed by atoms with Crippen molar-refractivity contribution < 1.29 is 9.53 Å². The molecule has 2 aliphatic rings. The highest BCUT2D eigenvalue weighted by Gasteiger charge is 2.27. The Hall–Kier alpha value is -1.01. The molecule has 1 amide bonds. The van der Waals surface area contributed by atoms with Gasteiger partial charge >= 0.3 is 0 Å². The lowest BCUT2D eigenvalue weighted by atomic mass is 9.85. The number of ether oxygens (including phenoxy) is 1. The van der Waals surface area contributed by atoms with E-state index in [0.29, 0.717) is 5.13 Å². The number of carbonyl (C=O) groups excluding carboxylic acids is 1. The van der Waals surface area contributed by atoms with Crippen LogP contribution in [0.25, 0.3) is 0 Å². The number of nitrogens with one attached hydrogen (secondary N) is 1. The summed E-state index contributed by atoms with van der Waals surface area (Å²) < 4.78 is 5.53. The molecule has 1 aliphatic carbocycles. The number of rotatable bonds is 3. The monoisotopic (exact) mass is 253 g/mol. The number of hydrogen-bond donors (Lipinski definition) is 1. The molecule has 1 aromatic rings. The van der Waals surface area contributed by atoms with E-state index in [1.807, 2.05) is 0 Å². The maximum atomic E-state index is 11.7. The summed E-state index contributed by atoms with van der Waals surface area (Å²) >= 11 is 1.43. The zero-order valence-electron chi connectivity index (χ0n) is 9.52. The predicted molar refractivity (Wildman–Crippen MR) is 63.8 cm³/mol. The van der Waals surface area contributed by atoms with E-state index < -0.39 is 0 Å². The molecule has 92 valence electrons. The number of amides is 1. The van der Waals surface area contributed by atoms with E-state index in [1.165, 1.54) is 11.3 Å². The summed E-state index contributed by atoms with van der Waals surface area (Å²) in [6.45, 7) is 0.800. The highest BCUT2D eigenvalue weighted by molar-refractivity contribution is 7.15. The average molecular weight is 253 g/mol. The third-order valence-electron chi connectivity index (χ3n) is 3.35. The summed E-state index contributed by atoms with van der Waals surface area (Å²) in [4.78, 5) is 11.7. The first kappa shape index (κ1) is 11.1.